The molecule has 33 heavy (non-hydrogen) atoms. The van der Waals surface area contributed by atoms with E-state index in [1.807, 2.05) is 44.2 Å². The number of hydrogen-bond donors (Lipinski definition) is 1. The van der Waals surface area contributed by atoms with Crippen molar-refractivity contribution in [2.75, 3.05) is 5.75 Å². The molecule has 0 unspecified atom stereocenters. The summed E-state index contributed by atoms with van der Waals surface area (Å²) in [6, 6.07) is 11.2. The van der Waals surface area contributed by atoms with Crippen molar-refractivity contribution in [3.05, 3.63) is 88.0 Å². The predicted molar refractivity (Wildman–Crippen MR) is 118 cm³/mol. The van der Waals surface area contributed by atoms with Crippen LogP contribution in [0.2, 0.25) is 0 Å². The summed E-state index contributed by atoms with van der Waals surface area (Å²) in [6.45, 7) is 3.48. The van der Waals surface area contributed by atoms with E-state index in [4.69, 9.17) is 0 Å². The second kappa shape index (κ2) is 9.62. The van der Waals surface area contributed by atoms with Gasteiger partial charge in [-0.1, -0.05) is 42.1 Å². The number of aromatic nitrogens is 4. The lowest BCUT2D eigenvalue weighted by Crippen LogP contribution is -2.25. The van der Waals surface area contributed by atoms with E-state index in [-0.39, 0.29) is 5.75 Å². The quantitative estimate of drug-likeness (QED) is 0.410. The van der Waals surface area contributed by atoms with Crippen LogP contribution >= 0.6 is 11.8 Å². The Morgan fingerprint density at radius 2 is 1.73 bits per heavy atom. The first-order valence-electron chi connectivity index (χ1n) is 10.1. The summed E-state index contributed by atoms with van der Waals surface area (Å²) >= 11 is 1.08. The van der Waals surface area contributed by atoms with Crippen molar-refractivity contribution in [2.24, 2.45) is 0 Å². The Morgan fingerprint density at radius 3 is 2.42 bits per heavy atom. The number of halogens is 3. The van der Waals surface area contributed by atoms with Crippen LogP contribution in [0.1, 0.15) is 28.1 Å². The highest BCUT2D eigenvalue weighted by atomic mass is 32.2. The average Bonchev–Trinajstić information content (AvgIpc) is 3.18. The van der Waals surface area contributed by atoms with Gasteiger partial charge in [-0.15, -0.1) is 5.10 Å². The van der Waals surface area contributed by atoms with Gasteiger partial charge in [0, 0.05) is 42.0 Å². The van der Waals surface area contributed by atoms with Gasteiger partial charge in [-0.05, 0) is 25.0 Å². The fourth-order valence-corrected chi connectivity index (χ4v) is 4.06. The number of thioether (sulfide) groups is 1. The molecule has 0 saturated carbocycles. The lowest BCUT2D eigenvalue weighted by atomic mass is 10.0. The van der Waals surface area contributed by atoms with E-state index in [2.05, 4.69) is 20.4 Å². The zero-order chi connectivity index (χ0) is 23.5. The molecule has 2 aromatic carbocycles. The first-order chi connectivity index (χ1) is 15.8. The number of aryl methyl sites for hydroxylation is 2. The van der Waals surface area contributed by atoms with Crippen LogP contribution in [-0.2, 0) is 17.8 Å². The van der Waals surface area contributed by atoms with Crippen molar-refractivity contribution in [1.29, 1.82) is 0 Å². The Bertz CT molecular complexity index is 1300. The molecule has 0 spiro atoms. The van der Waals surface area contributed by atoms with E-state index >= 15 is 0 Å². The first kappa shape index (κ1) is 22.8. The van der Waals surface area contributed by atoms with Gasteiger partial charge in [0.1, 0.15) is 17.5 Å². The number of benzene rings is 2. The topological polar surface area (TPSA) is 72.2 Å². The predicted octanol–water partition coefficient (Wildman–Crippen LogP) is 4.16. The van der Waals surface area contributed by atoms with Crippen molar-refractivity contribution in [3.63, 3.8) is 0 Å². The third-order valence-corrected chi connectivity index (χ3v) is 5.99. The Labute approximate surface area is 192 Å². The van der Waals surface area contributed by atoms with Gasteiger partial charge in [-0.25, -0.2) is 22.7 Å². The highest BCUT2D eigenvalue weighted by molar-refractivity contribution is 7.99. The van der Waals surface area contributed by atoms with Crippen molar-refractivity contribution < 1.29 is 18.0 Å². The zero-order valence-electron chi connectivity index (χ0n) is 17.9. The lowest BCUT2D eigenvalue weighted by molar-refractivity contribution is -0.118. The summed E-state index contributed by atoms with van der Waals surface area (Å²) in [4.78, 5) is 21.1. The molecule has 0 saturated heterocycles. The molecule has 4 rings (SSSR count). The fraction of sp³-hybridized carbons (Fsp3) is 0.217. The number of rotatable bonds is 7. The Kier molecular flexibility index (Phi) is 6.64. The summed E-state index contributed by atoms with van der Waals surface area (Å²) in [5.74, 6) is -3.21. The van der Waals surface area contributed by atoms with Crippen LogP contribution in [0.3, 0.4) is 0 Å². The molecule has 1 amide bonds. The monoisotopic (exact) mass is 471 g/mol. The van der Waals surface area contributed by atoms with Gasteiger partial charge in [0.15, 0.2) is 0 Å². The van der Waals surface area contributed by atoms with Crippen molar-refractivity contribution in [2.45, 2.75) is 32.0 Å². The molecule has 2 aromatic heterocycles. The summed E-state index contributed by atoms with van der Waals surface area (Å²) in [5, 5.41) is 7.23. The van der Waals surface area contributed by atoms with Crippen LogP contribution in [0, 0.1) is 31.3 Å². The van der Waals surface area contributed by atoms with Crippen molar-refractivity contribution >= 4 is 23.4 Å². The molecule has 0 radical (unpaired) electrons. The SMILES string of the molecule is Cc1nc2nc(SCC(=O)NCc3c(F)cc(F)cc3F)nn2c(C)c1Cc1ccccc1. The summed E-state index contributed by atoms with van der Waals surface area (Å²) in [7, 11) is 0. The molecule has 10 heteroatoms. The van der Waals surface area contributed by atoms with Crippen LogP contribution in [0.4, 0.5) is 13.2 Å². The highest BCUT2D eigenvalue weighted by Crippen LogP contribution is 2.21. The smallest absolute Gasteiger partial charge is 0.253 e. The molecule has 0 bridgehead atoms. The van der Waals surface area contributed by atoms with Crippen LogP contribution in [0.15, 0.2) is 47.6 Å². The molecule has 0 fully saturated rings. The Morgan fingerprint density at radius 1 is 1.03 bits per heavy atom. The molecule has 1 N–H and O–H groups in total. The number of nitrogens with zero attached hydrogens (tertiary/aromatic N) is 4. The summed E-state index contributed by atoms with van der Waals surface area (Å²) < 4.78 is 42.1. The summed E-state index contributed by atoms with van der Waals surface area (Å²) in [5.41, 5.74) is 3.57. The largest absolute Gasteiger partial charge is 0.351 e. The van der Waals surface area contributed by atoms with Gasteiger partial charge in [-0.2, -0.15) is 4.98 Å². The van der Waals surface area contributed by atoms with E-state index < -0.39 is 35.5 Å². The number of fused-ring (bicyclic) bond motifs is 1. The van der Waals surface area contributed by atoms with Crippen LogP contribution < -0.4 is 5.32 Å². The first-order valence-corrected chi connectivity index (χ1v) is 11.1. The number of carbonyl (C=O) groups is 1. The number of carbonyl (C=O) groups excluding carboxylic acids is 1. The molecule has 170 valence electrons. The molecule has 0 atom stereocenters. The second-order valence-electron chi connectivity index (χ2n) is 7.44. The van der Waals surface area contributed by atoms with E-state index in [1.165, 1.54) is 0 Å². The number of nitrogens with one attached hydrogen (secondary N) is 1. The minimum atomic E-state index is -1.05. The van der Waals surface area contributed by atoms with Gasteiger partial charge in [0.05, 0.1) is 5.75 Å². The standard InChI is InChI=1S/C23H20F3N5OS/c1-13-17(8-15-6-4-3-5-7-15)14(2)31-22(28-13)29-23(30-31)33-12-21(32)27-11-18-19(25)9-16(24)10-20(18)26/h3-7,9-10H,8,11-12H2,1-2H3,(H,27,32). The minimum absolute atomic E-state index is 0.0593. The highest BCUT2D eigenvalue weighted by Gasteiger charge is 2.16. The molecule has 0 aliphatic rings. The van der Waals surface area contributed by atoms with Crippen LogP contribution in [0.5, 0.6) is 0 Å². The molecule has 2 heterocycles. The molecule has 6 nitrogen and oxygen atoms in total. The third kappa shape index (κ3) is 5.16. The van der Waals surface area contributed by atoms with Gasteiger partial charge in [-0.3, -0.25) is 4.79 Å². The van der Waals surface area contributed by atoms with E-state index in [0.29, 0.717) is 29.5 Å². The fourth-order valence-electron chi connectivity index (χ4n) is 3.42. The van der Waals surface area contributed by atoms with Gasteiger partial charge >= 0.3 is 0 Å². The van der Waals surface area contributed by atoms with Crippen LogP contribution in [0.25, 0.3) is 5.78 Å². The maximum atomic E-state index is 13.7. The minimum Gasteiger partial charge on any atom is -0.351 e. The Balaban J connectivity index is 1.43. The third-order valence-electron chi connectivity index (χ3n) is 5.15. The zero-order valence-corrected chi connectivity index (χ0v) is 18.7. The molecular weight excluding hydrogens is 451 g/mol. The average molecular weight is 472 g/mol. The van der Waals surface area contributed by atoms with Crippen LogP contribution in [-0.4, -0.2) is 31.2 Å². The van der Waals surface area contributed by atoms with E-state index in [1.54, 1.807) is 4.52 Å². The molecule has 0 aliphatic carbocycles. The normalized spacial score (nSPS) is 11.2. The Hall–Kier alpha value is -3.40. The molecular formula is C23H20F3N5OS. The van der Waals surface area contributed by atoms with Crippen molar-refractivity contribution in [3.8, 4) is 0 Å². The van der Waals surface area contributed by atoms with E-state index in [0.717, 1.165) is 34.3 Å². The maximum Gasteiger partial charge on any atom is 0.253 e. The summed E-state index contributed by atoms with van der Waals surface area (Å²) in [6.07, 6.45) is 0.711. The second-order valence-corrected chi connectivity index (χ2v) is 8.39. The van der Waals surface area contributed by atoms with Crippen molar-refractivity contribution in [1.82, 2.24) is 24.9 Å². The molecule has 4 aromatic rings. The lowest BCUT2D eigenvalue weighted by Gasteiger charge is -2.10. The number of hydrogen-bond acceptors (Lipinski definition) is 5. The maximum absolute atomic E-state index is 13.7. The van der Waals surface area contributed by atoms with Gasteiger partial charge < -0.3 is 5.32 Å². The van der Waals surface area contributed by atoms with E-state index in [9.17, 15) is 18.0 Å². The van der Waals surface area contributed by atoms with Gasteiger partial charge in [0.25, 0.3) is 5.78 Å². The van der Waals surface area contributed by atoms with Gasteiger partial charge in [0.2, 0.25) is 11.1 Å². The number of amides is 1. The molecule has 0 aliphatic heterocycles.